The number of amides is 1. The summed E-state index contributed by atoms with van der Waals surface area (Å²) in [5, 5.41) is 2.83. The van der Waals surface area contributed by atoms with Crippen LogP contribution in [0.2, 0.25) is 0 Å². The molecule has 1 aliphatic carbocycles. The van der Waals surface area contributed by atoms with E-state index in [1.54, 1.807) is 0 Å². The van der Waals surface area contributed by atoms with Crippen molar-refractivity contribution >= 4 is 23.2 Å². The van der Waals surface area contributed by atoms with E-state index in [2.05, 4.69) is 19.2 Å². The monoisotopic (exact) mass is 323 g/mol. The molecule has 0 saturated carbocycles. The topological polar surface area (TPSA) is 55.4 Å². The fourth-order valence-corrected chi connectivity index (χ4v) is 3.93. The van der Waals surface area contributed by atoms with Crippen molar-refractivity contribution in [2.75, 3.05) is 6.61 Å². The van der Waals surface area contributed by atoms with E-state index in [1.165, 1.54) is 28.2 Å². The number of ether oxygens (including phenoxy) is 1. The number of esters is 1. The highest BCUT2D eigenvalue weighted by Gasteiger charge is 2.21. The number of hydrogen-bond donors (Lipinski definition) is 1. The number of aryl methyl sites for hydroxylation is 1. The molecule has 0 spiro atoms. The lowest BCUT2D eigenvalue weighted by Crippen LogP contribution is -2.35. The molecule has 1 aromatic rings. The van der Waals surface area contributed by atoms with Crippen LogP contribution in [0.5, 0.6) is 0 Å². The van der Waals surface area contributed by atoms with Crippen molar-refractivity contribution in [2.45, 2.75) is 58.9 Å². The third-order valence-corrected chi connectivity index (χ3v) is 5.21. The van der Waals surface area contributed by atoms with E-state index in [4.69, 9.17) is 4.74 Å². The Labute approximate surface area is 136 Å². The van der Waals surface area contributed by atoms with Crippen LogP contribution in [-0.4, -0.2) is 24.5 Å². The number of nitrogens with one attached hydrogen (secondary N) is 1. The van der Waals surface area contributed by atoms with Crippen molar-refractivity contribution in [3.8, 4) is 0 Å². The fraction of sp³-hybridized carbons (Fsp3) is 0.647. The van der Waals surface area contributed by atoms with Gasteiger partial charge >= 0.3 is 5.97 Å². The van der Waals surface area contributed by atoms with Gasteiger partial charge in [0.1, 0.15) is 4.88 Å². The fourth-order valence-electron chi connectivity index (χ4n) is 2.83. The molecule has 1 heterocycles. The first-order valence-electron chi connectivity index (χ1n) is 8.07. The molecule has 22 heavy (non-hydrogen) atoms. The molecule has 0 fully saturated rings. The smallest absolute Gasteiger partial charge is 0.348 e. The van der Waals surface area contributed by atoms with Crippen LogP contribution in [0.25, 0.3) is 0 Å². The highest BCUT2D eigenvalue weighted by atomic mass is 32.1. The molecule has 1 amide bonds. The molecule has 0 bridgehead atoms. The summed E-state index contributed by atoms with van der Waals surface area (Å²) in [7, 11) is 0. The van der Waals surface area contributed by atoms with Gasteiger partial charge in [-0.1, -0.05) is 20.3 Å². The number of carbonyl (C=O) groups excluding carboxylic acids is 2. The number of hydrogen-bond acceptors (Lipinski definition) is 4. The van der Waals surface area contributed by atoms with E-state index in [1.807, 2.05) is 13.0 Å². The van der Waals surface area contributed by atoms with Crippen LogP contribution < -0.4 is 5.32 Å². The van der Waals surface area contributed by atoms with Gasteiger partial charge in [-0.05, 0) is 50.2 Å². The number of fused-ring (bicyclic) bond motifs is 1. The molecule has 122 valence electrons. The first kappa shape index (κ1) is 17.0. The molecule has 0 aliphatic heterocycles. The van der Waals surface area contributed by atoms with Crippen LogP contribution in [0.1, 0.15) is 60.1 Å². The standard InChI is InChI=1S/C17H25NO3S/c1-4-5-12(3)18-16(19)10-21-17(20)15-9-13-8-11(2)6-7-14(13)22-15/h9,11-12H,4-8,10H2,1-3H3,(H,18,19)/t11-,12+/m0/s1. The summed E-state index contributed by atoms with van der Waals surface area (Å²) in [6, 6.07) is 2.06. The van der Waals surface area contributed by atoms with E-state index in [0.29, 0.717) is 10.8 Å². The minimum absolute atomic E-state index is 0.117. The second-order valence-corrected chi connectivity index (χ2v) is 7.38. The Kier molecular flexibility index (Phi) is 6.00. The van der Waals surface area contributed by atoms with Crippen molar-refractivity contribution in [1.82, 2.24) is 5.32 Å². The average molecular weight is 323 g/mol. The van der Waals surface area contributed by atoms with Crippen LogP contribution in [-0.2, 0) is 22.4 Å². The zero-order valence-corrected chi connectivity index (χ0v) is 14.4. The summed E-state index contributed by atoms with van der Waals surface area (Å²) in [6.07, 6.45) is 5.20. The number of rotatable bonds is 6. The maximum absolute atomic E-state index is 12.1. The normalized spacial score (nSPS) is 18.4. The summed E-state index contributed by atoms with van der Waals surface area (Å²) in [5.74, 6) is 0.0615. The second kappa shape index (κ2) is 7.77. The predicted octanol–water partition coefficient (Wildman–Crippen LogP) is 3.33. The van der Waals surface area contributed by atoms with Gasteiger partial charge in [-0.3, -0.25) is 4.79 Å². The molecule has 0 radical (unpaired) electrons. The van der Waals surface area contributed by atoms with Gasteiger partial charge in [0.2, 0.25) is 0 Å². The summed E-state index contributed by atoms with van der Waals surface area (Å²) in [4.78, 5) is 25.7. The first-order chi connectivity index (χ1) is 10.5. The molecule has 5 heteroatoms. The van der Waals surface area contributed by atoms with Crippen molar-refractivity contribution in [3.05, 3.63) is 21.4 Å². The quantitative estimate of drug-likeness (QED) is 0.817. The molecule has 1 N–H and O–H groups in total. The Morgan fingerprint density at radius 2 is 2.27 bits per heavy atom. The van der Waals surface area contributed by atoms with Crippen molar-refractivity contribution in [1.29, 1.82) is 0 Å². The molecule has 1 aliphatic rings. The Balaban J connectivity index is 1.84. The Morgan fingerprint density at radius 1 is 1.50 bits per heavy atom. The van der Waals surface area contributed by atoms with E-state index >= 15 is 0 Å². The Bertz CT molecular complexity index is 538. The lowest BCUT2D eigenvalue weighted by molar-refractivity contribution is -0.124. The molecule has 1 aromatic heterocycles. The maximum Gasteiger partial charge on any atom is 0.348 e. The second-order valence-electron chi connectivity index (χ2n) is 6.24. The molecule has 4 nitrogen and oxygen atoms in total. The van der Waals surface area contributed by atoms with Crippen molar-refractivity contribution in [3.63, 3.8) is 0 Å². The van der Waals surface area contributed by atoms with Crippen LogP contribution in [0.4, 0.5) is 0 Å². The molecular formula is C17H25NO3S. The molecule has 0 aromatic carbocycles. The third kappa shape index (κ3) is 4.57. The Hall–Kier alpha value is -1.36. The van der Waals surface area contributed by atoms with Gasteiger partial charge in [0.15, 0.2) is 6.61 Å². The van der Waals surface area contributed by atoms with Crippen LogP contribution in [0.15, 0.2) is 6.07 Å². The lowest BCUT2D eigenvalue weighted by Gasteiger charge is -2.16. The summed E-state index contributed by atoms with van der Waals surface area (Å²) in [5.41, 5.74) is 1.27. The van der Waals surface area contributed by atoms with E-state index in [0.717, 1.165) is 25.7 Å². The number of thiophene rings is 1. The summed E-state index contributed by atoms with van der Waals surface area (Å²) < 4.78 is 5.13. The zero-order chi connectivity index (χ0) is 16.1. The average Bonchev–Trinajstić information content (AvgIpc) is 2.88. The Morgan fingerprint density at radius 3 is 3.00 bits per heavy atom. The predicted molar refractivity (Wildman–Crippen MR) is 88.3 cm³/mol. The highest BCUT2D eigenvalue weighted by molar-refractivity contribution is 7.14. The van der Waals surface area contributed by atoms with Crippen molar-refractivity contribution < 1.29 is 14.3 Å². The van der Waals surface area contributed by atoms with Gasteiger partial charge in [-0.2, -0.15) is 0 Å². The highest BCUT2D eigenvalue weighted by Crippen LogP contribution is 2.32. The summed E-state index contributed by atoms with van der Waals surface area (Å²) in [6.45, 7) is 6.06. The van der Waals surface area contributed by atoms with Gasteiger partial charge in [0, 0.05) is 10.9 Å². The SMILES string of the molecule is CCC[C@@H](C)NC(=O)COC(=O)c1cc2c(s1)CC[C@H](C)C2. The number of carbonyl (C=O) groups is 2. The minimum Gasteiger partial charge on any atom is -0.451 e. The molecule has 0 saturated heterocycles. The zero-order valence-electron chi connectivity index (χ0n) is 13.6. The molecule has 0 unspecified atom stereocenters. The first-order valence-corrected chi connectivity index (χ1v) is 8.89. The molecule has 2 rings (SSSR count). The van der Waals surface area contributed by atoms with Crippen LogP contribution in [0.3, 0.4) is 0 Å². The molecular weight excluding hydrogens is 298 g/mol. The van der Waals surface area contributed by atoms with Gasteiger partial charge < -0.3 is 10.1 Å². The third-order valence-electron chi connectivity index (χ3n) is 3.99. The van der Waals surface area contributed by atoms with E-state index in [9.17, 15) is 9.59 Å². The van der Waals surface area contributed by atoms with Crippen molar-refractivity contribution in [2.24, 2.45) is 5.92 Å². The van der Waals surface area contributed by atoms with Crippen LogP contribution in [0, 0.1) is 5.92 Å². The van der Waals surface area contributed by atoms with E-state index < -0.39 is 0 Å². The largest absolute Gasteiger partial charge is 0.451 e. The lowest BCUT2D eigenvalue weighted by atomic mass is 9.90. The van der Waals surface area contributed by atoms with Gasteiger partial charge in [-0.15, -0.1) is 11.3 Å². The summed E-state index contributed by atoms with van der Waals surface area (Å²) >= 11 is 1.51. The van der Waals surface area contributed by atoms with Gasteiger partial charge in [0.25, 0.3) is 5.91 Å². The van der Waals surface area contributed by atoms with E-state index in [-0.39, 0.29) is 24.5 Å². The maximum atomic E-state index is 12.1. The van der Waals surface area contributed by atoms with Crippen LogP contribution >= 0.6 is 11.3 Å². The minimum atomic E-state index is -0.384. The van der Waals surface area contributed by atoms with Gasteiger partial charge in [0.05, 0.1) is 0 Å². The van der Waals surface area contributed by atoms with Gasteiger partial charge in [-0.25, -0.2) is 4.79 Å². The molecule has 2 atom stereocenters.